The van der Waals surface area contributed by atoms with Crippen LogP contribution < -0.4 is 9.04 Å². The number of nitrogens with zero attached hydrogens (tertiary/aromatic N) is 3. The van der Waals surface area contributed by atoms with Crippen LogP contribution in [-0.4, -0.2) is 46.6 Å². The summed E-state index contributed by atoms with van der Waals surface area (Å²) in [5.74, 6) is 0.564. The van der Waals surface area contributed by atoms with Crippen LogP contribution in [-0.2, 0) is 10.0 Å². The number of hydrogen-bond acceptors (Lipinski definition) is 4. The van der Waals surface area contributed by atoms with E-state index in [2.05, 4.69) is 4.99 Å². The summed E-state index contributed by atoms with van der Waals surface area (Å²) in [6.07, 6.45) is 2.85. The molecule has 6 nitrogen and oxygen atoms in total. The highest BCUT2D eigenvalue weighted by Gasteiger charge is 2.23. The van der Waals surface area contributed by atoms with Crippen LogP contribution in [0.5, 0.6) is 5.75 Å². The van der Waals surface area contributed by atoms with Crippen molar-refractivity contribution in [3.63, 3.8) is 0 Å². The lowest BCUT2D eigenvalue weighted by Crippen LogP contribution is -2.25. The molecule has 0 aliphatic heterocycles. The molecule has 0 radical (unpaired) electrons. The number of sulfonamides is 1. The van der Waals surface area contributed by atoms with Gasteiger partial charge >= 0.3 is 0 Å². The molecule has 0 fully saturated rings. The highest BCUT2D eigenvalue weighted by Crippen LogP contribution is 2.38. The maximum Gasteiger partial charge on any atom is 0.236 e. The van der Waals surface area contributed by atoms with E-state index in [1.807, 2.05) is 25.8 Å². The van der Waals surface area contributed by atoms with Gasteiger partial charge in [0.1, 0.15) is 5.75 Å². The maximum absolute atomic E-state index is 12.5. The van der Waals surface area contributed by atoms with Crippen LogP contribution in [0.1, 0.15) is 12.5 Å². The first-order valence-corrected chi connectivity index (χ1v) is 10.6. The van der Waals surface area contributed by atoms with Gasteiger partial charge in [-0.1, -0.05) is 17.7 Å². The molecule has 27 heavy (non-hydrogen) atoms. The van der Waals surface area contributed by atoms with Crippen LogP contribution in [0, 0.1) is 6.92 Å². The summed E-state index contributed by atoms with van der Waals surface area (Å²) in [7, 11) is -0.162. The molecule has 0 atom stereocenters. The standard InChI is InChI=1S/C19H24ClN3O3S/c1-6-22(3)13-21-18-10-14(2)19(12-17(18)20)23(27(5,24)25)15-8-7-9-16(11-15)26-4/h7-13H,6H2,1-5H3. The lowest BCUT2D eigenvalue weighted by atomic mass is 10.1. The van der Waals surface area contributed by atoms with Crippen molar-refractivity contribution in [3.05, 3.63) is 47.0 Å². The molecule has 0 aliphatic carbocycles. The molecule has 0 aliphatic rings. The number of ether oxygens (including phenoxy) is 1. The average Bonchev–Trinajstić information content (AvgIpc) is 2.62. The maximum atomic E-state index is 12.5. The highest BCUT2D eigenvalue weighted by molar-refractivity contribution is 7.92. The predicted molar refractivity (Wildman–Crippen MR) is 113 cm³/mol. The Balaban J connectivity index is 2.57. The number of methoxy groups -OCH3 is 1. The lowest BCUT2D eigenvalue weighted by molar-refractivity contribution is 0.415. The first-order chi connectivity index (χ1) is 12.7. The molecule has 0 amide bonds. The van der Waals surface area contributed by atoms with Gasteiger partial charge in [0.2, 0.25) is 10.0 Å². The zero-order valence-corrected chi connectivity index (χ0v) is 17.7. The van der Waals surface area contributed by atoms with Gasteiger partial charge in [0, 0.05) is 19.7 Å². The summed E-state index contributed by atoms with van der Waals surface area (Å²) in [5.41, 5.74) is 2.26. The van der Waals surface area contributed by atoms with E-state index >= 15 is 0 Å². The third-order valence-corrected chi connectivity index (χ3v) is 5.37. The minimum absolute atomic E-state index is 0.368. The summed E-state index contributed by atoms with van der Waals surface area (Å²) in [4.78, 5) is 6.30. The van der Waals surface area contributed by atoms with Gasteiger partial charge in [-0.15, -0.1) is 0 Å². The van der Waals surface area contributed by atoms with Gasteiger partial charge in [-0.3, -0.25) is 0 Å². The third-order valence-electron chi connectivity index (χ3n) is 4.00. The predicted octanol–water partition coefficient (Wildman–Crippen LogP) is 4.37. The SMILES string of the molecule is CCN(C)C=Nc1cc(C)c(N(c2cccc(OC)c2)S(C)(=O)=O)cc1Cl. The van der Waals surface area contributed by atoms with E-state index < -0.39 is 10.0 Å². The Kier molecular flexibility index (Phi) is 6.73. The molecule has 0 unspecified atom stereocenters. The first kappa shape index (κ1) is 21.1. The van der Waals surface area contributed by atoms with Crippen LogP contribution in [0.15, 0.2) is 41.4 Å². The van der Waals surface area contributed by atoms with E-state index in [0.29, 0.717) is 27.8 Å². The van der Waals surface area contributed by atoms with Crippen molar-refractivity contribution in [2.45, 2.75) is 13.8 Å². The Morgan fingerprint density at radius 1 is 1.26 bits per heavy atom. The minimum Gasteiger partial charge on any atom is -0.497 e. The Bertz CT molecular complexity index is 945. The van der Waals surface area contributed by atoms with Crippen molar-refractivity contribution in [1.29, 1.82) is 0 Å². The average molecular weight is 410 g/mol. The van der Waals surface area contributed by atoms with Crippen LogP contribution >= 0.6 is 11.6 Å². The van der Waals surface area contributed by atoms with E-state index in [0.717, 1.165) is 18.4 Å². The molecule has 0 spiro atoms. The van der Waals surface area contributed by atoms with E-state index in [1.54, 1.807) is 42.7 Å². The van der Waals surface area contributed by atoms with E-state index in [-0.39, 0.29) is 0 Å². The molecule has 8 heteroatoms. The second-order valence-corrected chi connectivity index (χ2v) is 8.38. The summed E-state index contributed by atoms with van der Waals surface area (Å²) >= 11 is 6.39. The van der Waals surface area contributed by atoms with Crippen LogP contribution in [0.3, 0.4) is 0 Å². The second-order valence-electron chi connectivity index (χ2n) is 6.14. The molecule has 0 aromatic heterocycles. The van der Waals surface area contributed by atoms with Crippen LogP contribution in [0.2, 0.25) is 5.02 Å². The molecule has 2 aromatic rings. The van der Waals surface area contributed by atoms with Crippen LogP contribution in [0.25, 0.3) is 0 Å². The number of aliphatic imine (C=N–C) groups is 1. The molecule has 146 valence electrons. The Labute approximate surface area is 166 Å². The van der Waals surface area contributed by atoms with E-state index in [9.17, 15) is 8.42 Å². The van der Waals surface area contributed by atoms with Crippen molar-refractivity contribution < 1.29 is 13.2 Å². The number of benzene rings is 2. The molecule has 2 aromatic carbocycles. The summed E-state index contributed by atoms with van der Waals surface area (Å²) in [6, 6.07) is 10.3. The Morgan fingerprint density at radius 2 is 1.96 bits per heavy atom. The summed E-state index contributed by atoms with van der Waals surface area (Å²) in [5, 5.41) is 0.368. The van der Waals surface area contributed by atoms with Gasteiger partial charge < -0.3 is 9.64 Å². The molecule has 2 rings (SSSR count). The van der Waals surface area contributed by atoms with Crippen molar-refractivity contribution >= 4 is 45.0 Å². The minimum atomic E-state index is -3.61. The van der Waals surface area contributed by atoms with E-state index in [1.165, 1.54) is 11.4 Å². The fraction of sp³-hybridized carbons (Fsp3) is 0.316. The molecule has 0 N–H and O–H groups in total. The normalized spacial score (nSPS) is 11.6. The quantitative estimate of drug-likeness (QED) is 0.503. The number of anilines is 2. The fourth-order valence-corrected chi connectivity index (χ4v) is 3.72. The molecular formula is C19H24ClN3O3S. The van der Waals surface area contributed by atoms with Gasteiger partial charge in [0.05, 0.1) is 41.8 Å². The summed E-state index contributed by atoms with van der Waals surface area (Å²) in [6.45, 7) is 4.66. The Morgan fingerprint density at radius 3 is 2.56 bits per heavy atom. The largest absolute Gasteiger partial charge is 0.497 e. The van der Waals surface area contributed by atoms with Gasteiger partial charge in [-0.2, -0.15) is 0 Å². The topological polar surface area (TPSA) is 62.2 Å². The monoisotopic (exact) mass is 409 g/mol. The molecule has 0 bridgehead atoms. The van der Waals surface area contributed by atoms with E-state index in [4.69, 9.17) is 16.3 Å². The van der Waals surface area contributed by atoms with Crippen LogP contribution in [0.4, 0.5) is 17.1 Å². The number of halogens is 1. The van der Waals surface area contributed by atoms with Gasteiger partial charge in [0.25, 0.3) is 0 Å². The zero-order valence-electron chi connectivity index (χ0n) is 16.1. The highest BCUT2D eigenvalue weighted by atomic mass is 35.5. The molecule has 0 saturated heterocycles. The van der Waals surface area contributed by atoms with Gasteiger partial charge in [-0.25, -0.2) is 17.7 Å². The van der Waals surface area contributed by atoms with Gasteiger partial charge in [-0.05, 0) is 43.7 Å². The van der Waals surface area contributed by atoms with Crippen molar-refractivity contribution in [1.82, 2.24) is 4.90 Å². The number of aryl methyl sites for hydroxylation is 1. The van der Waals surface area contributed by atoms with Crippen molar-refractivity contribution in [2.75, 3.05) is 31.3 Å². The van der Waals surface area contributed by atoms with Crippen molar-refractivity contribution in [3.8, 4) is 5.75 Å². The molecule has 0 heterocycles. The first-order valence-electron chi connectivity index (χ1n) is 8.36. The van der Waals surface area contributed by atoms with Crippen molar-refractivity contribution in [2.24, 2.45) is 4.99 Å². The number of hydrogen-bond donors (Lipinski definition) is 0. The Hall–Kier alpha value is -2.25. The third kappa shape index (κ3) is 5.14. The zero-order chi connectivity index (χ0) is 20.2. The smallest absolute Gasteiger partial charge is 0.236 e. The molecular weight excluding hydrogens is 386 g/mol. The molecule has 0 saturated carbocycles. The lowest BCUT2D eigenvalue weighted by Gasteiger charge is -2.25. The second kappa shape index (κ2) is 8.63. The fourth-order valence-electron chi connectivity index (χ4n) is 2.46. The number of rotatable bonds is 7. The van der Waals surface area contributed by atoms with Gasteiger partial charge in [0.15, 0.2) is 0 Å². The summed E-state index contributed by atoms with van der Waals surface area (Å²) < 4.78 is 31.6.